The maximum atomic E-state index is 5.41. The van der Waals surface area contributed by atoms with Crippen molar-refractivity contribution in [1.82, 2.24) is 0 Å². The molecular weight excluding hydrogens is 761 g/mol. The van der Waals surface area contributed by atoms with E-state index in [0.29, 0.717) is 42.7 Å². The van der Waals surface area contributed by atoms with Gasteiger partial charge in [0, 0.05) is 6.61 Å². The van der Waals surface area contributed by atoms with Crippen LogP contribution in [-0.2, 0) is 33.2 Å². The molecule has 3 aliphatic carbocycles. The molecule has 9 rings (SSSR count). The molecule has 0 amide bonds. The largest absolute Gasteiger partial charge is 0.379 e. The van der Waals surface area contributed by atoms with Crippen LogP contribution in [0.2, 0.25) is 0 Å². The second kappa shape index (κ2) is 33.2. The molecule has 6 heterocycles. The lowest BCUT2D eigenvalue weighted by atomic mass is 9.78. The zero-order chi connectivity index (χ0) is 44.1. The predicted octanol–water partition coefficient (Wildman–Crippen LogP) is 14.5. The van der Waals surface area contributed by atoms with E-state index >= 15 is 0 Å². The summed E-state index contributed by atoms with van der Waals surface area (Å²) >= 11 is 0. The van der Waals surface area contributed by atoms with E-state index in [9.17, 15) is 0 Å². The summed E-state index contributed by atoms with van der Waals surface area (Å²) in [7, 11) is 0. The van der Waals surface area contributed by atoms with Gasteiger partial charge in [-0.2, -0.15) is 0 Å². The number of rotatable bonds is 23. The maximum Gasteiger partial charge on any atom is 0.104 e. The first-order valence-corrected chi connectivity index (χ1v) is 27.0. The molecule has 0 aromatic rings. The molecule has 9 fully saturated rings. The van der Waals surface area contributed by atoms with Crippen LogP contribution in [0.3, 0.4) is 0 Å². The molecule has 7 heteroatoms. The summed E-state index contributed by atoms with van der Waals surface area (Å²) in [5, 5.41) is 0. The molecule has 9 aliphatic rings. The van der Waals surface area contributed by atoms with E-state index in [-0.39, 0.29) is 0 Å². The third kappa shape index (κ3) is 30.5. The van der Waals surface area contributed by atoms with E-state index in [1.807, 2.05) is 0 Å². The quantitative estimate of drug-likeness (QED) is 0.0747. The van der Waals surface area contributed by atoms with E-state index in [2.05, 4.69) is 62.3 Å². The predicted molar refractivity (Wildman–Crippen MR) is 256 cm³/mol. The van der Waals surface area contributed by atoms with Crippen LogP contribution in [0.25, 0.3) is 0 Å². The fourth-order valence-corrected chi connectivity index (χ4v) is 8.74. The fourth-order valence-electron chi connectivity index (χ4n) is 8.74. The Bertz CT molecular complexity index is 987. The number of fused-ring (bicyclic) bond motifs is 2. The summed E-state index contributed by atoms with van der Waals surface area (Å²) in [6.07, 6.45) is 40.2. The Balaban J connectivity index is 0.000000192. The zero-order valence-corrected chi connectivity index (χ0v) is 42.0. The summed E-state index contributed by atoms with van der Waals surface area (Å²) in [4.78, 5) is 0. The molecule has 6 aliphatic heterocycles. The molecule has 11 unspecified atom stereocenters. The van der Waals surface area contributed by atoms with Crippen molar-refractivity contribution in [1.29, 1.82) is 0 Å². The van der Waals surface area contributed by atoms with Crippen molar-refractivity contribution in [3.05, 3.63) is 0 Å². The average Bonchev–Trinajstić information content (AvgIpc) is 4.05. The van der Waals surface area contributed by atoms with Crippen LogP contribution in [0.15, 0.2) is 0 Å². The number of hydrogen-bond acceptors (Lipinski definition) is 7. The van der Waals surface area contributed by atoms with Gasteiger partial charge in [-0.15, -0.1) is 0 Å². The van der Waals surface area contributed by atoms with Gasteiger partial charge in [-0.25, -0.2) is 0 Å². The Kier molecular flexibility index (Phi) is 30.0. The van der Waals surface area contributed by atoms with Crippen LogP contribution in [0, 0.1) is 29.1 Å². The topological polar surface area (TPSA) is 84.4 Å². The molecule has 0 aromatic carbocycles. The minimum atomic E-state index is 0.432. The Labute approximate surface area is 379 Å². The van der Waals surface area contributed by atoms with Gasteiger partial charge in [-0.05, 0) is 106 Å². The zero-order valence-electron chi connectivity index (χ0n) is 42.0. The normalized spacial score (nSPS) is 33.1. The van der Waals surface area contributed by atoms with E-state index in [1.165, 1.54) is 161 Å². The Hall–Kier alpha value is -0.280. The fraction of sp³-hybridized carbons (Fsp3) is 1.00. The second-order valence-corrected chi connectivity index (χ2v) is 20.8. The first-order chi connectivity index (χ1) is 29.7. The summed E-state index contributed by atoms with van der Waals surface area (Å²) in [5.74, 6) is 4.08. The third-order valence-electron chi connectivity index (χ3n) is 14.4. The second-order valence-electron chi connectivity index (χ2n) is 20.8. The van der Waals surface area contributed by atoms with Gasteiger partial charge in [0.15, 0.2) is 0 Å². The molecule has 61 heavy (non-hydrogen) atoms. The van der Waals surface area contributed by atoms with Crippen molar-refractivity contribution in [3.63, 3.8) is 0 Å². The molecule has 11 atom stereocenters. The van der Waals surface area contributed by atoms with Crippen LogP contribution in [0.1, 0.15) is 229 Å². The van der Waals surface area contributed by atoms with E-state index < -0.39 is 0 Å². The Morgan fingerprint density at radius 3 is 1.44 bits per heavy atom. The first-order valence-electron chi connectivity index (χ1n) is 27.0. The first kappa shape index (κ1) is 55.1. The molecule has 7 nitrogen and oxygen atoms in total. The van der Waals surface area contributed by atoms with Gasteiger partial charge in [0.25, 0.3) is 0 Å². The van der Waals surface area contributed by atoms with Crippen LogP contribution >= 0.6 is 0 Å². The molecule has 3 saturated carbocycles. The maximum absolute atomic E-state index is 5.41. The van der Waals surface area contributed by atoms with E-state index in [4.69, 9.17) is 33.2 Å². The minimum Gasteiger partial charge on any atom is -0.379 e. The molecule has 0 radical (unpaired) electrons. The van der Waals surface area contributed by atoms with Gasteiger partial charge >= 0.3 is 0 Å². The molecule has 0 N–H and O–H groups in total. The van der Waals surface area contributed by atoms with Gasteiger partial charge in [-0.1, -0.05) is 152 Å². The molecule has 6 saturated heterocycles. The number of unbranched alkanes of at least 4 members (excludes halogenated alkanes) is 10. The standard InChI is InChI=1S/C11H20.C10H20O.C8H14O.C8H16O.C7H14O.C6H12O2.C4H8O/c1-8(2)9-4-5-11(3)7-10(11)6-9;1-2-3-4-5-6-7-8-10-9-11-10;1-2-6-3-4-7-8(5-6)9-7;1-2-3-4-5-6-8-7-9-8;1-2-3-4-5-7-6-8-7;1-2-3-7-4-6-5-8-6;1-2-4-3-5-4/h8-10H,4-7H2,1-3H3;10H,2-9H2,1H3;6-8H,2-5H2,1H3;8H,2-7H2,1H3;7H,2-6H2,1H3;6H,2-5H2,1H3;4H,2-3H2,1H3. The van der Waals surface area contributed by atoms with Crippen molar-refractivity contribution >= 4 is 0 Å². The lowest BCUT2D eigenvalue weighted by Crippen LogP contribution is -2.18. The van der Waals surface area contributed by atoms with E-state index in [1.54, 1.807) is 0 Å². The van der Waals surface area contributed by atoms with Crippen LogP contribution < -0.4 is 0 Å². The van der Waals surface area contributed by atoms with Crippen molar-refractivity contribution in [2.24, 2.45) is 29.1 Å². The monoisotopic (exact) mass is 865 g/mol. The lowest BCUT2D eigenvalue weighted by molar-refractivity contribution is 0.117. The van der Waals surface area contributed by atoms with Crippen molar-refractivity contribution in [2.75, 3.05) is 46.2 Å². The third-order valence-corrected chi connectivity index (χ3v) is 14.4. The van der Waals surface area contributed by atoms with Crippen molar-refractivity contribution in [2.45, 2.75) is 272 Å². The highest BCUT2D eigenvalue weighted by atomic mass is 16.6. The number of ether oxygens (including phenoxy) is 7. The molecule has 0 bridgehead atoms. The molecular formula is C54H104O7. The Morgan fingerprint density at radius 1 is 0.525 bits per heavy atom. The summed E-state index contributed by atoms with van der Waals surface area (Å²) in [5.41, 5.74) is 0.811. The SMILES string of the molecule is CC(C)C1CCC2(C)CC2C1.CCC1CCC2OC2C1.CCC1CO1.CCCCCC1CO1.CCCCCCC1CO1.CCCCCCCCC1CO1.CCCOCC1CO1. The molecule has 362 valence electrons. The van der Waals surface area contributed by atoms with Gasteiger partial charge in [0.05, 0.1) is 76.3 Å². The highest BCUT2D eigenvalue weighted by molar-refractivity contribution is 5.03. The summed E-state index contributed by atoms with van der Waals surface area (Å²) in [6, 6.07) is 0. The van der Waals surface area contributed by atoms with Gasteiger partial charge < -0.3 is 33.2 Å². The number of hydrogen-bond donors (Lipinski definition) is 0. The van der Waals surface area contributed by atoms with Crippen LogP contribution in [0.5, 0.6) is 0 Å². The highest BCUT2D eigenvalue weighted by Gasteiger charge is 2.52. The molecule has 0 aromatic heterocycles. The van der Waals surface area contributed by atoms with Gasteiger partial charge in [0.1, 0.15) is 6.10 Å². The molecule has 0 spiro atoms. The minimum absolute atomic E-state index is 0.432. The van der Waals surface area contributed by atoms with Gasteiger partial charge in [-0.3, -0.25) is 0 Å². The Morgan fingerprint density at radius 2 is 1.02 bits per heavy atom. The van der Waals surface area contributed by atoms with Crippen molar-refractivity contribution in [3.8, 4) is 0 Å². The lowest BCUT2D eigenvalue weighted by Gasteiger charge is -2.28. The summed E-state index contributed by atoms with van der Waals surface area (Å²) in [6.45, 7) is 27.2. The van der Waals surface area contributed by atoms with Crippen LogP contribution in [0.4, 0.5) is 0 Å². The van der Waals surface area contributed by atoms with E-state index in [0.717, 1.165) is 81.8 Å². The summed E-state index contributed by atoms with van der Waals surface area (Å²) < 4.78 is 35.7. The highest BCUT2D eigenvalue weighted by Crippen LogP contribution is 2.62. The average molecular weight is 865 g/mol. The van der Waals surface area contributed by atoms with Gasteiger partial charge in [0.2, 0.25) is 0 Å². The number of epoxide rings is 6. The van der Waals surface area contributed by atoms with Crippen molar-refractivity contribution < 1.29 is 33.2 Å². The van der Waals surface area contributed by atoms with Crippen LogP contribution in [-0.4, -0.2) is 89.0 Å². The smallest absolute Gasteiger partial charge is 0.104 e.